The van der Waals surface area contributed by atoms with E-state index < -0.39 is 34.1 Å². The summed E-state index contributed by atoms with van der Waals surface area (Å²) in [5.74, 6) is -0.0601. The number of aromatic nitrogens is 4. The molecule has 12 heteroatoms. The van der Waals surface area contributed by atoms with Crippen molar-refractivity contribution in [2.75, 3.05) is 12.3 Å². The van der Waals surface area contributed by atoms with Crippen molar-refractivity contribution < 1.29 is 13.6 Å². The minimum absolute atomic E-state index is 0.0108. The van der Waals surface area contributed by atoms with Gasteiger partial charge in [-0.1, -0.05) is 41.5 Å². The number of nitrogens with zero attached hydrogens (tertiary/aromatic N) is 2. The van der Waals surface area contributed by atoms with Crippen molar-refractivity contribution in [2.24, 2.45) is 0 Å². The number of aromatic amines is 2. The van der Waals surface area contributed by atoms with Crippen molar-refractivity contribution in [1.82, 2.24) is 19.5 Å². The molecule has 1 unspecified atom stereocenters. The van der Waals surface area contributed by atoms with Gasteiger partial charge in [-0.2, -0.15) is 4.98 Å². The smallest absolute Gasteiger partial charge is 0.329 e. The fraction of sp³-hybridized carbons (Fsp3) is 0.773. The first-order chi connectivity index (χ1) is 15.3. The highest BCUT2D eigenvalue weighted by Crippen LogP contribution is 2.42. The molecule has 3 atom stereocenters. The second kappa shape index (κ2) is 8.73. The van der Waals surface area contributed by atoms with Crippen LogP contribution in [0.5, 0.6) is 0 Å². The van der Waals surface area contributed by atoms with Crippen molar-refractivity contribution in [3.8, 4) is 0 Å². The predicted octanol–water partition coefficient (Wildman–Crippen LogP) is 3.69. The first kappa shape index (κ1) is 26.9. The Morgan fingerprint density at radius 2 is 1.65 bits per heavy atom. The van der Waals surface area contributed by atoms with E-state index in [1.54, 1.807) is 0 Å². The average Bonchev–Trinajstić information content (AvgIpc) is 3.17. The first-order valence-corrected chi connectivity index (χ1v) is 17.6. The molecule has 1 saturated heterocycles. The molecule has 1 aliphatic heterocycles. The topological polar surface area (TPSA) is 137 Å². The van der Waals surface area contributed by atoms with Gasteiger partial charge >= 0.3 is 5.69 Å². The van der Waals surface area contributed by atoms with Crippen molar-refractivity contribution >= 4 is 33.7 Å². The number of fused-ring (bicyclic) bond motifs is 1. The summed E-state index contributed by atoms with van der Waals surface area (Å²) < 4.78 is 21.0. The van der Waals surface area contributed by atoms with E-state index >= 15 is 0 Å². The highest BCUT2D eigenvalue weighted by atomic mass is 28.4. The lowest BCUT2D eigenvalue weighted by Gasteiger charge is -2.40. The molecule has 10 nitrogen and oxygen atoms in total. The van der Waals surface area contributed by atoms with Crippen LogP contribution >= 0.6 is 0 Å². The van der Waals surface area contributed by atoms with Crippen LogP contribution in [0.15, 0.2) is 9.59 Å². The van der Waals surface area contributed by atoms with Crippen molar-refractivity contribution in [1.29, 1.82) is 0 Å². The van der Waals surface area contributed by atoms with Gasteiger partial charge in [-0.15, -0.1) is 0 Å². The highest BCUT2D eigenvalue weighted by molar-refractivity contribution is 6.74. The molecule has 2 aromatic rings. The number of imidazole rings is 1. The van der Waals surface area contributed by atoms with Crippen LogP contribution in [0.1, 0.15) is 54.2 Å². The van der Waals surface area contributed by atoms with E-state index in [0.717, 1.165) is 0 Å². The maximum Gasteiger partial charge on any atom is 0.329 e. The number of nitrogens with two attached hydrogens (primary N) is 1. The molecule has 192 valence electrons. The molecular formula is C22H41N5O5Si2. The highest BCUT2D eigenvalue weighted by Gasteiger charge is 2.47. The maximum absolute atomic E-state index is 12.8. The zero-order valence-electron chi connectivity index (χ0n) is 22.2. The third-order valence-corrected chi connectivity index (χ3v) is 16.7. The van der Waals surface area contributed by atoms with E-state index in [1.807, 2.05) is 0 Å². The van der Waals surface area contributed by atoms with E-state index in [4.69, 9.17) is 19.3 Å². The standard InChI is InChI=1S/C22H41N5O5Si2/c1-21(2,3)33(7,8)30-12-14-13(32-34(9,10)22(4,5)6)11-15(31-14)27-17-16(24-20(27)29)18(28)26-19(23)25-17/h13-15H,11-12H2,1-10H3,(H,24,29)(H3,23,25,26,28)/t13?,14-,15-/m1/s1. The molecule has 0 aromatic carbocycles. The van der Waals surface area contributed by atoms with Gasteiger partial charge in [-0.3, -0.25) is 14.8 Å². The van der Waals surface area contributed by atoms with Gasteiger partial charge in [0.15, 0.2) is 27.8 Å². The quantitative estimate of drug-likeness (QED) is 0.503. The lowest BCUT2D eigenvalue weighted by molar-refractivity contribution is -0.0393. The molecule has 2 aromatic heterocycles. The third kappa shape index (κ3) is 5.10. The molecule has 3 rings (SSSR count). The fourth-order valence-corrected chi connectivity index (χ4v) is 5.86. The lowest BCUT2D eigenvalue weighted by atomic mass is 10.2. The van der Waals surface area contributed by atoms with Gasteiger partial charge in [0.25, 0.3) is 5.56 Å². The van der Waals surface area contributed by atoms with Crippen LogP contribution in [0.2, 0.25) is 36.3 Å². The Labute approximate surface area is 202 Å². The van der Waals surface area contributed by atoms with Gasteiger partial charge in [0.2, 0.25) is 5.95 Å². The van der Waals surface area contributed by atoms with Crippen LogP contribution in [0, 0.1) is 0 Å². The number of hydrogen-bond donors (Lipinski definition) is 3. The summed E-state index contributed by atoms with van der Waals surface area (Å²) in [4.78, 5) is 34.3. The second-order valence-corrected chi connectivity index (χ2v) is 21.9. The van der Waals surface area contributed by atoms with Crippen molar-refractivity contribution in [3.63, 3.8) is 0 Å². The number of nitrogen functional groups attached to an aromatic ring is 1. The Bertz CT molecular complexity index is 1160. The molecular weight excluding hydrogens is 470 g/mol. The molecule has 0 bridgehead atoms. The first-order valence-electron chi connectivity index (χ1n) is 11.8. The Morgan fingerprint density at radius 3 is 2.21 bits per heavy atom. The summed E-state index contributed by atoms with van der Waals surface area (Å²) in [6.07, 6.45) is -0.826. The molecule has 34 heavy (non-hydrogen) atoms. The van der Waals surface area contributed by atoms with Crippen LogP contribution in [0.4, 0.5) is 5.95 Å². The van der Waals surface area contributed by atoms with Crippen molar-refractivity contribution in [3.05, 3.63) is 20.8 Å². The molecule has 0 aliphatic carbocycles. The van der Waals surface area contributed by atoms with Gasteiger partial charge in [-0.25, -0.2) is 9.36 Å². The van der Waals surface area contributed by atoms with Crippen LogP contribution in [0.25, 0.3) is 11.2 Å². The SMILES string of the molecule is CC(C)(C)[Si](C)(C)OC[C@H]1O[C@@H](n2c(=O)[nH]c3c(=O)[nH]c(N)nc32)CC1O[Si](C)(C)C(C)(C)C. The minimum atomic E-state index is -2.13. The molecule has 3 heterocycles. The molecule has 0 saturated carbocycles. The Hall–Kier alpha value is -1.74. The van der Waals surface area contributed by atoms with E-state index in [-0.39, 0.29) is 39.4 Å². The number of anilines is 1. The molecule has 4 N–H and O–H groups in total. The molecule has 0 radical (unpaired) electrons. The number of rotatable bonds is 6. The van der Waals surface area contributed by atoms with Gasteiger partial charge < -0.3 is 19.3 Å². The number of hydrogen-bond acceptors (Lipinski definition) is 7. The summed E-state index contributed by atoms with van der Waals surface area (Å²) in [5.41, 5.74) is 5.03. The van der Waals surface area contributed by atoms with Gasteiger partial charge in [-0.05, 0) is 36.3 Å². The Morgan fingerprint density at radius 1 is 1.06 bits per heavy atom. The molecule has 1 aliphatic rings. The number of nitrogens with one attached hydrogen (secondary N) is 2. The van der Waals surface area contributed by atoms with E-state index in [0.29, 0.717) is 13.0 Å². The molecule has 0 amide bonds. The number of H-pyrrole nitrogens is 2. The largest absolute Gasteiger partial charge is 0.414 e. The van der Waals surface area contributed by atoms with Gasteiger partial charge in [0.05, 0.1) is 12.7 Å². The molecule has 1 fully saturated rings. The summed E-state index contributed by atoms with van der Waals surface area (Å²) >= 11 is 0. The summed E-state index contributed by atoms with van der Waals surface area (Å²) in [7, 11) is -4.16. The zero-order valence-corrected chi connectivity index (χ0v) is 24.2. The Balaban J connectivity index is 1.97. The average molecular weight is 512 g/mol. The van der Waals surface area contributed by atoms with Crippen LogP contribution in [-0.4, -0.2) is 55.0 Å². The maximum atomic E-state index is 12.8. The van der Waals surface area contributed by atoms with Crippen LogP contribution < -0.4 is 17.0 Å². The zero-order chi connectivity index (χ0) is 25.9. The molecule has 0 spiro atoms. The second-order valence-electron chi connectivity index (χ2n) is 12.3. The van der Waals surface area contributed by atoms with Gasteiger partial charge in [0.1, 0.15) is 12.3 Å². The van der Waals surface area contributed by atoms with Crippen LogP contribution in [-0.2, 0) is 13.6 Å². The lowest BCUT2D eigenvalue weighted by Crippen LogP contribution is -2.48. The van der Waals surface area contributed by atoms with Gasteiger partial charge in [0, 0.05) is 6.42 Å². The Kier molecular flexibility index (Phi) is 6.90. The number of ether oxygens (including phenoxy) is 1. The minimum Gasteiger partial charge on any atom is -0.414 e. The van der Waals surface area contributed by atoms with E-state index in [1.165, 1.54) is 4.57 Å². The predicted molar refractivity (Wildman–Crippen MR) is 139 cm³/mol. The van der Waals surface area contributed by atoms with E-state index in [9.17, 15) is 9.59 Å². The van der Waals surface area contributed by atoms with E-state index in [2.05, 4.69) is 82.7 Å². The monoisotopic (exact) mass is 511 g/mol. The third-order valence-electron chi connectivity index (χ3n) is 7.73. The summed E-state index contributed by atoms with van der Waals surface area (Å²) in [5, 5.41) is 0.0634. The normalized spacial score (nSPS) is 22.6. The fourth-order valence-electron chi connectivity index (χ4n) is 3.49. The van der Waals surface area contributed by atoms with Crippen molar-refractivity contribution in [2.45, 2.75) is 103 Å². The summed E-state index contributed by atoms with van der Waals surface area (Å²) in [6.45, 7) is 22.3. The van der Waals surface area contributed by atoms with Crippen LogP contribution in [0.3, 0.4) is 0 Å². The summed E-state index contributed by atoms with van der Waals surface area (Å²) in [6, 6.07) is 0.